The molecule has 4 heteroatoms. The summed E-state index contributed by atoms with van der Waals surface area (Å²) in [6.07, 6.45) is 9.04. The summed E-state index contributed by atoms with van der Waals surface area (Å²) in [5, 5.41) is 9.26. The molecule has 4 atom stereocenters. The molecule has 2 aliphatic rings. The van der Waals surface area contributed by atoms with E-state index in [1.165, 1.54) is 30.6 Å². The maximum absolute atomic E-state index is 10.5. The molecule has 2 aliphatic heterocycles. The lowest BCUT2D eigenvalue weighted by atomic mass is 9.85. The summed E-state index contributed by atoms with van der Waals surface area (Å²) < 4.78 is 6.18. The van der Waals surface area contributed by atoms with Gasteiger partial charge in [-0.25, -0.2) is 0 Å². The van der Waals surface area contributed by atoms with Crippen molar-refractivity contribution < 1.29 is 14.6 Å². The smallest absolute Gasteiger partial charge is 0.303 e. The van der Waals surface area contributed by atoms with Crippen molar-refractivity contribution in [1.82, 2.24) is 0 Å². The molecule has 2 saturated heterocycles. The molecule has 2 heterocycles. The normalized spacial score (nSPS) is 29.0. The lowest BCUT2D eigenvalue weighted by Crippen LogP contribution is -2.29. The summed E-state index contributed by atoms with van der Waals surface area (Å²) in [5.41, 5.74) is 0. The van der Waals surface area contributed by atoms with Gasteiger partial charge >= 0.3 is 5.97 Å². The highest BCUT2D eigenvalue weighted by atomic mass is 32.2. The SMILES string of the molecule is O=C(O)CCCCCCC1C2CCC(O2)C1Sc1ccccc1. The van der Waals surface area contributed by atoms with Gasteiger partial charge in [0, 0.05) is 16.6 Å². The Balaban J connectivity index is 1.46. The Hall–Kier alpha value is -1.00. The van der Waals surface area contributed by atoms with Crippen LogP contribution in [0, 0.1) is 5.92 Å². The molecule has 2 bridgehead atoms. The fraction of sp³-hybridized carbons (Fsp3) is 0.632. The first kappa shape index (κ1) is 16.8. The van der Waals surface area contributed by atoms with E-state index in [1.807, 2.05) is 11.8 Å². The van der Waals surface area contributed by atoms with E-state index in [2.05, 4.69) is 30.3 Å². The highest BCUT2D eigenvalue weighted by Gasteiger charge is 2.48. The monoisotopic (exact) mass is 334 g/mol. The molecule has 1 N–H and O–H groups in total. The van der Waals surface area contributed by atoms with Crippen LogP contribution < -0.4 is 0 Å². The van der Waals surface area contributed by atoms with Crippen molar-refractivity contribution in [3.8, 4) is 0 Å². The van der Waals surface area contributed by atoms with Crippen LogP contribution in [0.3, 0.4) is 0 Å². The van der Waals surface area contributed by atoms with Gasteiger partial charge in [-0.1, -0.05) is 37.5 Å². The zero-order valence-electron chi connectivity index (χ0n) is 13.5. The Morgan fingerprint density at radius 3 is 2.61 bits per heavy atom. The van der Waals surface area contributed by atoms with Crippen LogP contribution in [-0.4, -0.2) is 28.5 Å². The Bertz CT molecular complexity index is 505. The summed E-state index contributed by atoms with van der Waals surface area (Å²) in [5.74, 6) is -0.00995. The fourth-order valence-electron chi connectivity index (χ4n) is 3.91. The molecule has 23 heavy (non-hydrogen) atoms. The molecule has 0 aliphatic carbocycles. The van der Waals surface area contributed by atoms with Crippen LogP contribution in [-0.2, 0) is 9.53 Å². The molecular formula is C19H26O3S. The number of hydrogen-bond acceptors (Lipinski definition) is 3. The molecule has 0 saturated carbocycles. The summed E-state index contributed by atoms with van der Waals surface area (Å²) in [6.45, 7) is 0. The van der Waals surface area contributed by atoms with Gasteiger partial charge in [0.25, 0.3) is 0 Å². The fourth-order valence-corrected chi connectivity index (χ4v) is 5.38. The molecule has 2 fully saturated rings. The van der Waals surface area contributed by atoms with E-state index in [-0.39, 0.29) is 0 Å². The number of fused-ring (bicyclic) bond motifs is 2. The Morgan fingerprint density at radius 1 is 1.09 bits per heavy atom. The second kappa shape index (κ2) is 8.20. The van der Waals surface area contributed by atoms with Crippen molar-refractivity contribution >= 4 is 17.7 Å². The van der Waals surface area contributed by atoms with E-state index in [1.54, 1.807) is 0 Å². The minimum atomic E-state index is -0.675. The number of aliphatic carboxylic acids is 1. The van der Waals surface area contributed by atoms with Crippen LogP contribution in [0.1, 0.15) is 51.4 Å². The highest BCUT2D eigenvalue weighted by Crippen LogP contribution is 2.48. The van der Waals surface area contributed by atoms with Crippen molar-refractivity contribution in [2.45, 2.75) is 73.7 Å². The predicted octanol–water partition coefficient (Wildman–Crippen LogP) is 4.75. The van der Waals surface area contributed by atoms with Gasteiger partial charge in [0.05, 0.1) is 12.2 Å². The maximum Gasteiger partial charge on any atom is 0.303 e. The first-order chi connectivity index (χ1) is 11.2. The second-order valence-corrected chi connectivity index (χ2v) is 7.95. The summed E-state index contributed by atoms with van der Waals surface area (Å²) in [4.78, 5) is 11.9. The molecule has 0 spiro atoms. The van der Waals surface area contributed by atoms with E-state index >= 15 is 0 Å². The molecule has 0 aromatic heterocycles. The number of carboxylic acid groups (broad SMARTS) is 1. The third-order valence-corrected chi connectivity index (χ3v) is 6.51. The standard InChI is InChI=1S/C19H26O3S/c20-18(21)11-7-2-1-6-10-15-16-12-13-17(22-16)19(15)23-14-8-4-3-5-9-14/h3-5,8-9,15-17,19H,1-2,6-7,10-13H2,(H,20,21). The van der Waals surface area contributed by atoms with Crippen LogP contribution in [0.25, 0.3) is 0 Å². The van der Waals surface area contributed by atoms with Crippen molar-refractivity contribution in [3.63, 3.8) is 0 Å². The zero-order chi connectivity index (χ0) is 16.1. The van der Waals surface area contributed by atoms with Crippen molar-refractivity contribution in [2.75, 3.05) is 0 Å². The summed E-state index contributed by atoms with van der Waals surface area (Å²) >= 11 is 1.99. The van der Waals surface area contributed by atoms with Gasteiger partial charge in [0.2, 0.25) is 0 Å². The van der Waals surface area contributed by atoms with Crippen LogP contribution in [0.4, 0.5) is 0 Å². The molecule has 0 amide bonds. The quantitative estimate of drug-likeness (QED) is 0.662. The summed E-state index contributed by atoms with van der Waals surface area (Å²) in [6, 6.07) is 10.7. The predicted molar refractivity (Wildman–Crippen MR) is 92.8 cm³/mol. The van der Waals surface area contributed by atoms with Crippen LogP contribution in [0.5, 0.6) is 0 Å². The number of unbranched alkanes of at least 4 members (excludes halogenated alkanes) is 3. The Labute approximate surface area is 142 Å². The van der Waals surface area contributed by atoms with Gasteiger partial charge in [-0.3, -0.25) is 4.79 Å². The third kappa shape index (κ3) is 4.51. The number of carbonyl (C=O) groups is 1. The number of thioether (sulfide) groups is 1. The highest BCUT2D eigenvalue weighted by molar-refractivity contribution is 8.00. The molecule has 126 valence electrons. The zero-order valence-corrected chi connectivity index (χ0v) is 14.3. The van der Waals surface area contributed by atoms with Gasteiger partial charge in [-0.15, -0.1) is 11.8 Å². The topological polar surface area (TPSA) is 46.5 Å². The lowest BCUT2D eigenvalue weighted by Gasteiger charge is -2.27. The number of rotatable bonds is 9. The van der Waals surface area contributed by atoms with Crippen molar-refractivity contribution in [2.24, 2.45) is 5.92 Å². The lowest BCUT2D eigenvalue weighted by molar-refractivity contribution is -0.137. The molecule has 3 rings (SSSR count). The van der Waals surface area contributed by atoms with Crippen LogP contribution >= 0.6 is 11.8 Å². The molecule has 3 nitrogen and oxygen atoms in total. The Morgan fingerprint density at radius 2 is 1.83 bits per heavy atom. The van der Waals surface area contributed by atoms with Crippen LogP contribution in [0.2, 0.25) is 0 Å². The number of ether oxygens (including phenoxy) is 1. The number of hydrogen-bond donors (Lipinski definition) is 1. The number of carboxylic acids is 1. The average Bonchev–Trinajstić information content (AvgIpc) is 3.14. The Kier molecular flexibility index (Phi) is 6.01. The van der Waals surface area contributed by atoms with Crippen LogP contribution in [0.15, 0.2) is 35.2 Å². The van der Waals surface area contributed by atoms with Crippen molar-refractivity contribution in [3.05, 3.63) is 30.3 Å². The van der Waals surface area contributed by atoms with E-state index in [4.69, 9.17) is 9.84 Å². The van der Waals surface area contributed by atoms with Gasteiger partial charge in [0.15, 0.2) is 0 Å². The molecule has 0 radical (unpaired) electrons. The van der Waals surface area contributed by atoms with Crippen molar-refractivity contribution in [1.29, 1.82) is 0 Å². The molecule has 4 unspecified atom stereocenters. The van der Waals surface area contributed by atoms with Gasteiger partial charge in [0.1, 0.15) is 0 Å². The van der Waals surface area contributed by atoms with E-state index < -0.39 is 5.97 Å². The van der Waals surface area contributed by atoms with E-state index in [0.29, 0.717) is 29.8 Å². The third-order valence-electron chi connectivity index (χ3n) is 5.04. The molecular weight excluding hydrogens is 308 g/mol. The largest absolute Gasteiger partial charge is 0.481 e. The summed E-state index contributed by atoms with van der Waals surface area (Å²) in [7, 11) is 0. The van der Waals surface area contributed by atoms with E-state index in [0.717, 1.165) is 19.3 Å². The number of benzene rings is 1. The van der Waals surface area contributed by atoms with Gasteiger partial charge < -0.3 is 9.84 Å². The first-order valence-electron chi connectivity index (χ1n) is 8.83. The van der Waals surface area contributed by atoms with Gasteiger partial charge in [-0.05, 0) is 43.7 Å². The molecule has 1 aromatic rings. The van der Waals surface area contributed by atoms with Gasteiger partial charge in [-0.2, -0.15) is 0 Å². The van der Waals surface area contributed by atoms with E-state index in [9.17, 15) is 4.79 Å². The first-order valence-corrected chi connectivity index (χ1v) is 9.71. The minimum absolute atomic E-state index is 0.309. The maximum atomic E-state index is 10.5. The average molecular weight is 334 g/mol. The second-order valence-electron chi connectivity index (χ2n) is 6.70. The minimum Gasteiger partial charge on any atom is -0.481 e. The molecule has 1 aromatic carbocycles.